The van der Waals surface area contributed by atoms with E-state index < -0.39 is 6.04 Å². The van der Waals surface area contributed by atoms with Crippen LogP contribution in [0.4, 0.5) is 10.5 Å². The van der Waals surface area contributed by atoms with Gasteiger partial charge in [0.05, 0.1) is 25.6 Å². The van der Waals surface area contributed by atoms with Crippen LogP contribution >= 0.6 is 11.8 Å². The van der Waals surface area contributed by atoms with E-state index in [1.54, 1.807) is 54.3 Å². The SMILES string of the molecule is COc1ccccc1NC(=O)N1[C@@H](C(=O)NCc2ccco2)CS[C@@H]1c1ccccc1. The summed E-state index contributed by atoms with van der Waals surface area (Å²) in [6, 6.07) is 19.5. The Balaban J connectivity index is 1.57. The molecular weight excluding hydrogens is 414 g/mol. The summed E-state index contributed by atoms with van der Waals surface area (Å²) in [6.07, 6.45) is 1.56. The summed E-state index contributed by atoms with van der Waals surface area (Å²) in [5.74, 6) is 1.47. The molecule has 0 unspecified atom stereocenters. The predicted octanol–water partition coefficient (Wildman–Crippen LogP) is 4.25. The Morgan fingerprint density at radius 1 is 1.10 bits per heavy atom. The number of urea groups is 1. The van der Waals surface area contributed by atoms with Crippen molar-refractivity contribution in [3.63, 3.8) is 0 Å². The van der Waals surface area contributed by atoms with E-state index in [9.17, 15) is 9.59 Å². The van der Waals surface area contributed by atoms with E-state index in [1.807, 2.05) is 42.5 Å². The van der Waals surface area contributed by atoms with Gasteiger partial charge in [0.1, 0.15) is 22.9 Å². The van der Waals surface area contributed by atoms with Gasteiger partial charge in [0.15, 0.2) is 0 Å². The highest BCUT2D eigenvalue weighted by atomic mass is 32.2. The number of hydrogen-bond acceptors (Lipinski definition) is 5. The standard InChI is InChI=1S/C23H23N3O4S/c1-29-20-12-6-5-11-18(20)25-23(28)26-19(21(27)24-14-17-10-7-13-30-17)15-31-22(26)16-8-3-2-4-9-16/h2-13,19,22H,14-15H2,1H3,(H,24,27)(H,25,28)/t19-,22-/m1/s1. The third kappa shape index (κ3) is 4.69. The zero-order valence-electron chi connectivity index (χ0n) is 17.0. The number of ether oxygens (including phenoxy) is 1. The van der Waals surface area contributed by atoms with Gasteiger partial charge in [-0.25, -0.2) is 4.79 Å². The number of carbonyl (C=O) groups excluding carboxylic acids is 2. The topological polar surface area (TPSA) is 83.8 Å². The summed E-state index contributed by atoms with van der Waals surface area (Å²) < 4.78 is 10.6. The lowest BCUT2D eigenvalue weighted by atomic mass is 10.1. The molecule has 31 heavy (non-hydrogen) atoms. The number of para-hydroxylation sites is 2. The fourth-order valence-corrected chi connectivity index (χ4v) is 4.89. The Bertz CT molecular complexity index is 1030. The smallest absolute Gasteiger partial charge is 0.323 e. The van der Waals surface area contributed by atoms with Crippen LogP contribution in [0.1, 0.15) is 16.7 Å². The van der Waals surface area contributed by atoms with Crippen LogP contribution in [0.15, 0.2) is 77.4 Å². The molecule has 1 fully saturated rings. The van der Waals surface area contributed by atoms with E-state index in [0.29, 0.717) is 22.9 Å². The molecule has 8 heteroatoms. The number of anilines is 1. The van der Waals surface area contributed by atoms with Crippen molar-refractivity contribution < 1.29 is 18.7 Å². The van der Waals surface area contributed by atoms with E-state index in [2.05, 4.69) is 10.6 Å². The minimum Gasteiger partial charge on any atom is -0.495 e. The number of rotatable bonds is 6. The lowest BCUT2D eigenvalue weighted by molar-refractivity contribution is -0.124. The number of hydrogen-bond donors (Lipinski definition) is 2. The quantitative estimate of drug-likeness (QED) is 0.602. The maximum atomic E-state index is 13.4. The van der Waals surface area contributed by atoms with Crippen LogP contribution in [-0.2, 0) is 11.3 Å². The van der Waals surface area contributed by atoms with Crippen molar-refractivity contribution in [3.05, 3.63) is 84.3 Å². The monoisotopic (exact) mass is 437 g/mol. The van der Waals surface area contributed by atoms with Crippen LogP contribution in [0.25, 0.3) is 0 Å². The van der Waals surface area contributed by atoms with E-state index >= 15 is 0 Å². The van der Waals surface area contributed by atoms with E-state index in [-0.39, 0.29) is 23.9 Å². The Labute approximate surface area is 184 Å². The minimum absolute atomic E-state index is 0.225. The largest absolute Gasteiger partial charge is 0.495 e. The number of amides is 3. The molecule has 3 amide bonds. The summed E-state index contributed by atoms with van der Waals surface area (Å²) in [5.41, 5.74) is 1.51. The van der Waals surface area contributed by atoms with Gasteiger partial charge in [0, 0.05) is 5.75 Å². The molecule has 0 spiro atoms. The maximum absolute atomic E-state index is 13.4. The molecule has 2 aromatic carbocycles. The second kappa shape index (κ2) is 9.61. The van der Waals surface area contributed by atoms with E-state index in [1.165, 1.54) is 0 Å². The van der Waals surface area contributed by atoms with Gasteiger partial charge in [-0.1, -0.05) is 42.5 Å². The van der Waals surface area contributed by atoms with Gasteiger partial charge in [-0.2, -0.15) is 0 Å². The first kappa shape index (κ1) is 20.9. The van der Waals surface area contributed by atoms with Crippen LogP contribution in [0.2, 0.25) is 0 Å². The van der Waals surface area contributed by atoms with Crippen LogP contribution in [-0.4, -0.2) is 35.7 Å². The zero-order chi connectivity index (χ0) is 21.6. The molecule has 2 atom stereocenters. The summed E-state index contributed by atoms with van der Waals surface area (Å²) >= 11 is 1.56. The maximum Gasteiger partial charge on any atom is 0.323 e. The molecule has 0 saturated carbocycles. The number of nitrogens with one attached hydrogen (secondary N) is 2. The third-order valence-corrected chi connectivity index (χ3v) is 6.31. The van der Waals surface area contributed by atoms with Gasteiger partial charge >= 0.3 is 6.03 Å². The number of furan rings is 1. The average molecular weight is 438 g/mol. The first-order valence-corrected chi connectivity index (χ1v) is 10.9. The van der Waals surface area contributed by atoms with Gasteiger partial charge in [-0.05, 0) is 29.8 Å². The highest BCUT2D eigenvalue weighted by molar-refractivity contribution is 7.99. The fraction of sp³-hybridized carbons (Fsp3) is 0.217. The second-order valence-electron chi connectivity index (χ2n) is 6.95. The Hall–Kier alpha value is -3.39. The molecule has 4 rings (SSSR count). The van der Waals surface area contributed by atoms with E-state index in [4.69, 9.17) is 9.15 Å². The molecule has 1 aromatic heterocycles. The average Bonchev–Trinajstić information content (AvgIpc) is 3.48. The first-order chi connectivity index (χ1) is 15.2. The van der Waals surface area contributed by atoms with Crippen LogP contribution in [0.3, 0.4) is 0 Å². The van der Waals surface area contributed by atoms with Crippen molar-refractivity contribution in [3.8, 4) is 5.75 Å². The molecule has 3 aromatic rings. The Kier molecular flexibility index (Phi) is 6.47. The molecule has 0 aliphatic carbocycles. The molecule has 2 N–H and O–H groups in total. The third-order valence-electron chi connectivity index (χ3n) is 4.99. The summed E-state index contributed by atoms with van der Waals surface area (Å²) in [5, 5.41) is 5.50. The molecule has 1 aliphatic heterocycles. The van der Waals surface area contributed by atoms with Gasteiger partial charge in [-0.15, -0.1) is 11.8 Å². The molecular formula is C23H23N3O4S. The normalized spacial score (nSPS) is 17.9. The van der Waals surface area contributed by atoms with Crippen molar-refractivity contribution in [2.24, 2.45) is 0 Å². The second-order valence-corrected chi connectivity index (χ2v) is 8.06. The molecule has 0 radical (unpaired) electrons. The lowest BCUT2D eigenvalue weighted by Gasteiger charge is -2.29. The zero-order valence-corrected chi connectivity index (χ0v) is 17.8. The molecule has 1 saturated heterocycles. The van der Waals surface area contributed by atoms with Gasteiger partial charge in [0.25, 0.3) is 0 Å². The van der Waals surface area contributed by atoms with Crippen molar-refractivity contribution >= 4 is 29.4 Å². The van der Waals surface area contributed by atoms with Crippen molar-refractivity contribution in [1.82, 2.24) is 10.2 Å². The summed E-state index contributed by atoms with van der Waals surface area (Å²) in [6.45, 7) is 0.269. The summed E-state index contributed by atoms with van der Waals surface area (Å²) in [4.78, 5) is 28.0. The Morgan fingerprint density at radius 2 is 1.87 bits per heavy atom. The molecule has 2 heterocycles. The van der Waals surface area contributed by atoms with Gasteiger partial charge < -0.3 is 19.8 Å². The van der Waals surface area contributed by atoms with Crippen molar-refractivity contribution in [2.45, 2.75) is 18.0 Å². The van der Waals surface area contributed by atoms with Crippen molar-refractivity contribution in [1.29, 1.82) is 0 Å². The molecule has 160 valence electrons. The molecule has 1 aliphatic rings. The number of carbonyl (C=O) groups is 2. The van der Waals surface area contributed by atoms with Gasteiger partial charge in [0.2, 0.25) is 5.91 Å². The number of thioether (sulfide) groups is 1. The van der Waals surface area contributed by atoms with Crippen LogP contribution < -0.4 is 15.4 Å². The Morgan fingerprint density at radius 3 is 2.61 bits per heavy atom. The number of nitrogens with zero attached hydrogens (tertiary/aromatic N) is 1. The van der Waals surface area contributed by atoms with Gasteiger partial charge in [-0.3, -0.25) is 9.69 Å². The number of benzene rings is 2. The fourth-order valence-electron chi connectivity index (χ4n) is 3.46. The van der Waals surface area contributed by atoms with Crippen LogP contribution in [0.5, 0.6) is 5.75 Å². The van der Waals surface area contributed by atoms with Crippen molar-refractivity contribution in [2.75, 3.05) is 18.2 Å². The molecule has 7 nitrogen and oxygen atoms in total. The highest BCUT2D eigenvalue weighted by Crippen LogP contribution is 2.42. The lowest BCUT2D eigenvalue weighted by Crippen LogP contribution is -2.49. The number of methoxy groups -OCH3 is 1. The minimum atomic E-state index is -0.625. The highest BCUT2D eigenvalue weighted by Gasteiger charge is 2.42. The van der Waals surface area contributed by atoms with E-state index in [0.717, 1.165) is 5.56 Å². The summed E-state index contributed by atoms with van der Waals surface area (Å²) in [7, 11) is 1.55. The predicted molar refractivity (Wildman–Crippen MR) is 120 cm³/mol. The first-order valence-electron chi connectivity index (χ1n) is 9.86. The molecule has 0 bridgehead atoms. The van der Waals surface area contributed by atoms with Crippen LogP contribution in [0, 0.1) is 0 Å².